The maximum Gasteiger partial charge on any atom is 0.138 e. The first kappa shape index (κ1) is 12.8. The molecule has 0 fully saturated rings. The van der Waals surface area contributed by atoms with Crippen LogP contribution >= 0.6 is 11.3 Å². The molecule has 1 unspecified atom stereocenters. The molecule has 0 saturated heterocycles. The van der Waals surface area contributed by atoms with Crippen LogP contribution in [0.5, 0.6) is 0 Å². The van der Waals surface area contributed by atoms with Crippen LogP contribution in [-0.2, 0) is 6.42 Å². The Balaban J connectivity index is 1.59. The molecule has 2 heterocycles. The SMILES string of the molecule is Cc1sc2ncnc(NCC3Cc4ccccc43)c2c1C. The van der Waals surface area contributed by atoms with Gasteiger partial charge in [-0.1, -0.05) is 24.3 Å². The van der Waals surface area contributed by atoms with Gasteiger partial charge in [0.1, 0.15) is 17.0 Å². The minimum absolute atomic E-state index is 0.603. The molecule has 0 radical (unpaired) electrons. The summed E-state index contributed by atoms with van der Waals surface area (Å²) >= 11 is 1.74. The van der Waals surface area contributed by atoms with Gasteiger partial charge in [0.05, 0.1) is 5.39 Å². The molecule has 106 valence electrons. The predicted molar refractivity (Wildman–Crippen MR) is 88.3 cm³/mol. The molecular weight excluding hydrogens is 278 g/mol. The number of hydrogen-bond donors (Lipinski definition) is 1. The van der Waals surface area contributed by atoms with Crippen LogP contribution < -0.4 is 5.32 Å². The maximum absolute atomic E-state index is 4.45. The fraction of sp³-hybridized carbons (Fsp3) is 0.294. The van der Waals surface area contributed by atoms with Crippen LogP contribution in [0.15, 0.2) is 30.6 Å². The van der Waals surface area contributed by atoms with Crippen LogP contribution in [0.3, 0.4) is 0 Å². The van der Waals surface area contributed by atoms with Crippen LogP contribution in [0.4, 0.5) is 5.82 Å². The lowest BCUT2D eigenvalue weighted by Gasteiger charge is -2.30. The molecule has 3 aromatic rings. The minimum Gasteiger partial charge on any atom is -0.369 e. The Bertz CT molecular complexity index is 822. The molecule has 0 bridgehead atoms. The number of anilines is 1. The summed E-state index contributed by atoms with van der Waals surface area (Å²) in [6.45, 7) is 5.24. The van der Waals surface area contributed by atoms with Crippen LogP contribution in [0.1, 0.15) is 27.5 Å². The number of rotatable bonds is 3. The second-order valence-corrected chi connectivity index (χ2v) is 6.87. The Kier molecular flexibility index (Phi) is 2.93. The van der Waals surface area contributed by atoms with Crippen LogP contribution in [-0.4, -0.2) is 16.5 Å². The van der Waals surface area contributed by atoms with Crippen molar-refractivity contribution in [1.29, 1.82) is 0 Å². The average molecular weight is 295 g/mol. The van der Waals surface area contributed by atoms with Crippen molar-refractivity contribution >= 4 is 27.4 Å². The molecular formula is C17H17N3S. The Labute approximate surface area is 128 Å². The van der Waals surface area contributed by atoms with E-state index in [0.29, 0.717) is 5.92 Å². The zero-order valence-corrected chi connectivity index (χ0v) is 13.0. The van der Waals surface area contributed by atoms with Gasteiger partial charge in [0.25, 0.3) is 0 Å². The minimum atomic E-state index is 0.603. The normalized spacial score (nSPS) is 16.6. The van der Waals surface area contributed by atoms with Crippen molar-refractivity contribution < 1.29 is 0 Å². The van der Waals surface area contributed by atoms with Crippen molar-refractivity contribution in [3.63, 3.8) is 0 Å². The summed E-state index contributed by atoms with van der Waals surface area (Å²) < 4.78 is 0. The predicted octanol–water partition coefficient (Wildman–Crippen LogP) is 4.06. The van der Waals surface area contributed by atoms with E-state index >= 15 is 0 Å². The average Bonchev–Trinajstić information content (AvgIpc) is 2.76. The van der Waals surface area contributed by atoms with E-state index in [1.165, 1.54) is 33.4 Å². The summed E-state index contributed by atoms with van der Waals surface area (Å²) in [7, 11) is 0. The fourth-order valence-electron chi connectivity index (χ4n) is 3.08. The summed E-state index contributed by atoms with van der Waals surface area (Å²) in [4.78, 5) is 11.2. The van der Waals surface area contributed by atoms with Gasteiger partial charge < -0.3 is 5.32 Å². The quantitative estimate of drug-likeness (QED) is 0.792. The van der Waals surface area contributed by atoms with E-state index in [-0.39, 0.29) is 0 Å². The van der Waals surface area contributed by atoms with Crippen LogP contribution in [0.2, 0.25) is 0 Å². The number of aromatic nitrogens is 2. The lowest BCUT2D eigenvalue weighted by molar-refractivity contribution is 0.635. The van der Waals surface area contributed by atoms with E-state index < -0.39 is 0 Å². The number of nitrogens with zero attached hydrogens (tertiary/aromatic N) is 2. The number of hydrogen-bond acceptors (Lipinski definition) is 4. The third-order valence-corrected chi connectivity index (χ3v) is 5.56. The molecule has 0 saturated carbocycles. The highest BCUT2D eigenvalue weighted by Crippen LogP contribution is 2.36. The molecule has 4 rings (SSSR count). The highest BCUT2D eigenvalue weighted by molar-refractivity contribution is 7.18. The smallest absolute Gasteiger partial charge is 0.138 e. The number of nitrogens with one attached hydrogen (secondary N) is 1. The van der Waals surface area contributed by atoms with E-state index in [9.17, 15) is 0 Å². The first-order valence-electron chi connectivity index (χ1n) is 7.26. The molecule has 1 aromatic carbocycles. The van der Waals surface area contributed by atoms with Crippen molar-refractivity contribution in [2.45, 2.75) is 26.2 Å². The molecule has 0 amide bonds. The molecule has 1 atom stereocenters. The summed E-state index contributed by atoms with van der Waals surface area (Å²) in [5.74, 6) is 1.58. The lowest BCUT2D eigenvalue weighted by Crippen LogP contribution is -2.24. The number of fused-ring (bicyclic) bond motifs is 2. The van der Waals surface area contributed by atoms with Crippen molar-refractivity contribution in [2.75, 3.05) is 11.9 Å². The van der Waals surface area contributed by atoms with Crippen LogP contribution in [0.25, 0.3) is 10.2 Å². The summed E-state index contributed by atoms with van der Waals surface area (Å²) in [6.07, 6.45) is 2.83. The van der Waals surface area contributed by atoms with Gasteiger partial charge in [0.15, 0.2) is 0 Å². The van der Waals surface area contributed by atoms with Crippen LogP contribution in [0, 0.1) is 13.8 Å². The zero-order chi connectivity index (χ0) is 14.4. The van der Waals surface area contributed by atoms with E-state index in [0.717, 1.165) is 17.2 Å². The Morgan fingerprint density at radius 2 is 2.10 bits per heavy atom. The van der Waals surface area contributed by atoms with Gasteiger partial charge in [-0.25, -0.2) is 9.97 Å². The van der Waals surface area contributed by atoms with Gasteiger partial charge in [0, 0.05) is 17.3 Å². The van der Waals surface area contributed by atoms with Gasteiger partial charge in [-0.05, 0) is 37.0 Å². The van der Waals surface area contributed by atoms with Crippen molar-refractivity contribution in [3.05, 3.63) is 52.2 Å². The number of aryl methyl sites for hydroxylation is 2. The summed E-state index contributed by atoms with van der Waals surface area (Å²) in [5, 5.41) is 4.73. The Morgan fingerprint density at radius 1 is 1.24 bits per heavy atom. The molecule has 4 heteroatoms. The van der Waals surface area contributed by atoms with Gasteiger partial charge in [-0.15, -0.1) is 11.3 Å². The molecule has 0 aliphatic heterocycles. The maximum atomic E-state index is 4.45. The monoisotopic (exact) mass is 295 g/mol. The largest absolute Gasteiger partial charge is 0.369 e. The molecule has 21 heavy (non-hydrogen) atoms. The molecule has 2 aromatic heterocycles. The van der Waals surface area contributed by atoms with Crippen molar-refractivity contribution in [1.82, 2.24) is 9.97 Å². The lowest BCUT2D eigenvalue weighted by atomic mass is 9.77. The molecule has 1 N–H and O–H groups in total. The van der Waals surface area contributed by atoms with Gasteiger partial charge >= 0.3 is 0 Å². The zero-order valence-electron chi connectivity index (χ0n) is 12.2. The first-order valence-corrected chi connectivity index (χ1v) is 8.08. The van der Waals surface area contributed by atoms with E-state index in [4.69, 9.17) is 0 Å². The van der Waals surface area contributed by atoms with E-state index in [2.05, 4.69) is 53.4 Å². The molecule has 1 aliphatic carbocycles. The second-order valence-electron chi connectivity index (χ2n) is 5.67. The van der Waals surface area contributed by atoms with Gasteiger partial charge in [0.2, 0.25) is 0 Å². The molecule has 0 spiro atoms. The second kappa shape index (κ2) is 4.81. The summed E-state index contributed by atoms with van der Waals surface area (Å²) in [6, 6.07) is 8.70. The van der Waals surface area contributed by atoms with E-state index in [1.807, 2.05) is 0 Å². The van der Waals surface area contributed by atoms with Crippen molar-refractivity contribution in [3.8, 4) is 0 Å². The highest BCUT2D eigenvalue weighted by atomic mass is 32.1. The third-order valence-electron chi connectivity index (χ3n) is 4.44. The van der Waals surface area contributed by atoms with Gasteiger partial charge in [-0.2, -0.15) is 0 Å². The highest BCUT2D eigenvalue weighted by Gasteiger charge is 2.25. The van der Waals surface area contributed by atoms with Gasteiger partial charge in [-0.3, -0.25) is 0 Å². The fourth-order valence-corrected chi connectivity index (χ4v) is 4.08. The van der Waals surface area contributed by atoms with E-state index in [1.54, 1.807) is 17.7 Å². The molecule has 3 nitrogen and oxygen atoms in total. The standard InChI is InChI=1S/C17H17N3S/c1-10-11(2)21-17-15(10)16(19-9-20-17)18-8-13-7-12-5-3-4-6-14(12)13/h3-6,9,13H,7-8H2,1-2H3,(H,18,19,20). The third kappa shape index (κ3) is 2.02. The van der Waals surface area contributed by atoms with Crippen molar-refractivity contribution in [2.24, 2.45) is 0 Å². The topological polar surface area (TPSA) is 37.8 Å². The number of benzene rings is 1. The summed E-state index contributed by atoms with van der Waals surface area (Å²) in [5.41, 5.74) is 4.26. The Morgan fingerprint density at radius 3 is 2.95 bits per heavy atom. The number of thiophene rings is 1. The Hall–Kier alpha value is -1.94. The molecule has 1 aliphatic rings. The first-order chi connectivity index (χ1) is 10.2.